The monoisotopic (exact) mass is 355 g/mol. The van der Waals surface area contributed by atoms with Gasteiger partial charge >= 0.3 is 12.1 Å². The van der Waals surface area contributed by atoms with E-state index in [1.807, 2.05) is 0 Å². The van der Waals surface area contributed by atoms with Crippen LogP contribution in [0.15, 0.2) is 42.7 Å². The second-order valence-electron chi connectivity index (χ2n) is 5.41. The predicted octanol–water partition coefficient (Wildman–Crippen LogP) is 2.26. The van der Waals surface area contributed by atoms with Crippen molar-refractivity contribution in [2.24, 2.45) is 0 Å². The number of amides is 1. The number of benzene rings is 1. The van der Waals surface area contributed by atoms with Gasteiger partial charge in [0, 0.05) is 19.2 Å². The molecule has 25 heavy (non-hydrogen) atoms. The fourth-order valence-electron chi connectivity index (χ4n) is 2.14. The SMILES string of the molecule is O=C(N[C@H](Cc1ccccc1)C(=O)O)c1cnn(CCC(F)(F)F)c1. The topological polar surface area (TPSA) is 84.2 Å². The molecule has 0 saturated carbocycles. The van der Waals surface area contributed by atoms with E-state index in [1.54, 1.807) is 30.3 Å². The van der Waals surface area contributed by atoms with Crippen molar-refractivity contribution in [1.82, 2.24) is 15.1 Å². The van der Waals surface area contributed by atoms with E-state index < -0.39 is 37.1 Å². The Kier molecular flexibility index (Phi) is 5.79. The number of hydrogen-bond donors (Lipinski definition) is 2. The van der Waals surface area contributed by atoms with Crippen molar-refractivity contribution in [3.05, 3.63) is 53.9 Å². The molecule has 0 bridgehead atoms. The minimum Gasteiger partial charge on any atom is -0.480 e. The smallest absolute Gasteiger partial charge is 0.390 e. The number of carbonyl (C=O) groups is 2. The summed E-state index contributed by atoms with van der Waals surface area (Å²) in [5.41, 5.74) is 0.734. The highest BCUT2D eigenvalue weighted by Gasteiger charge is 2.27. The van der Waals surface area contributed by atoms with Gasteiger partial charge in [-0.3, -0.25) is 9.48 Å². The van der Waals surface area contributed by atoms with E-state index in [2.05, 4.69) is 10.4 Å². The van der Waals surface area contributed by atoms with Crippen LogP contribution in [-0.4, -0.2) is 39.0 Å². The van der Waals surface area contributed by atoms with Gasteiger partial charge in [-0.15, -0.1) is 0 Å². The molecule has 0 unspecified atom stereocenters. The zero-order valence-corrected chi connectivity index (χ0v) is 13.0. The van der Waals surface area contributed by atoms with Gasteiger partial charge in [-0.2, -0.15) is 18.3 Å². The minimum absolute atomic E-state index is 0.00138. The standard InChI is InChI=1S/C16H16F3N3O3/c17-16(18,19)6-7-22-10-12(9-20-22)14(23)21-13(15(24)25)8-11-4-2-1-3-5-11/h1-5,9-10,13H,6-8H2,(H,21,23)(H,24,25)/t13-/m1/s1. The molecule has 0 spiro atoms. The molecule has 0 aliphatic rings. The predicted molar refractivity (Wildman–Crippen MR) is 81.9 cm³/mol. The lowest BCUT2D eigenvalue weighted by molar-refractivity contribution is -0.139. The summed E-state index contributed by atoms with van der Waals surface area (Å²) >= 11 is 0. The molecule has 1 heterocycles. The van der Waals surface area contributed by atoms with Crippen LogP contribution in [0.3, 0.4) is 0 Å². The third-order valence-corrected chi connectivity index (χ3v) is 3.41. The van der Waals surface area contributed by atoms with Crippen molar-refractivity contribution >= 4 is 11.9 Å². The van der Waals surface area contributed by atoms with Crippen LogP contribution < -0.4 is 5.32 Å². The van der Waals surface area contributed by atoms with Gasteiger partial charge in [-0.1, -0.05) is 30.3 Å². The number of aliphatic carboxylic acids is 1. The van der Waals surface area contributed by atoms with Crippen molar-refractivity contribution in [3.63, 3.8) is 0 Å². The van der Waals surface area contributed by atoms with E-state index in [1.165, 1.54) is 0 Å². The van der Waals surface area contributed by atoms with E-state index >= 15 is 0 Å². The van der Waals surface area contributed by atoms with E-state index in [0.29, 0.717) is 0 Å². The number of carboxylic acid groups (broad SMARTS) is 1. The van der Waals surface area contributed by atoms with Crippen LogP contribution in [0.25, 0.3) is 0 Å². The fraction of sp³-hybridized carbons (Fsp3) is 0.312. The first-order chi connectivity index (χ1) is 11.7. The molecule has 134 valence electrons. The average Bonchev–Trinajstić information content (AvgIpc) is 3.01. The lowest BCUT2D eigenvalue weighted by atomic mass is 10.1. The first kappa shape index (κ1) is 18.5. The minimum atomic E-state index is -4.32. The summed E-state index contributed by atoms with van der Waals surface area (Å²) in [6.45, 7) is -0.414. The fourth-order valence-corrected chi connectivity index (χ4v) is 2.14. The van der Waals surface area contributed by atoms with Crippen LogP contribution in [0.2, 0.25) is 0 Å². The Morgan fingerprint density at radius 3 is 2.52 bits per heavy atom. The molecule has 6 nitrogen and oxygen atoms in total. The lowest BCUT2D eigenvalue weighted by Crippen LogP contribution is -2.42. The average molecular weight is 355 g/mol. The molecule has 1 aromatic carbocycles. The summed E-state index contributed by atoms with van der Waals surface area (Å²) in [5, 5.41) is 15.3. The molecular weight excluding hydrogens is 339 g/mol. The molecule has 0 fully saturated rings. The number of rotatable bonds is 7. The summed E-state index contributed by atoms with van der Waals surface area (Å²) in [7, 11) is 0. The van der Waals surface area contributed by atoms with Gasteiger partial charge in [-0.05, 0) is 5.56 Å². The second-order valence-corrected chi connectivity index (χ2v) is 5.41. The van der Waals surface area contributed by atoms with Crippen LogP contribution in [0.5, 0.6) is 0 Å². The van der Waals surface area contributed by atoms with Crippen LogP contribution in [0.4, 0.5) is 13.2 Å². The van der Waals surface area contributed by atoms with Gasteiger partial charge in [0.2, 0.25) is 0 Å². The number of aryl methyl sites for hydroxylation is 1. The summed E-state index contributed by atoms with van der Waals surface area (Å²) in [5.74, 6) is -1.91. The highest BCUT2D eigenvalue weighted by atomic mass is 19.4. The lowest BCUT2D eigenvalue weighted by Gasteiger charge is -2.14. The summed E-state index contributed by atoms with van der Waals surface area (Å²) in [6, 6.07) is 7.59. The number of nitrogens with one attached hydrogen (secondary N) is 1. The Bertz CT molecular complexity index is 729. The molecule has 1 amide bonds. The molecule has 2 rings (SSSR count). The number of aromatic nitrogens is 2. The highest BCUT2D eigenvalue weighted by molar-refractivity contribution is 5.96. The number of carbonyl (C=O) groups excluding carboxylic acids is 1. The van der Waals surface area contributed by atoms with Crippen LogP contribution >= 0.6 is 0 Å². The second kappa shape index (κ2) is 7.82. The largest absolute Gasteiger partial charge is 0.480 e. The van der Waals surface area contributed by atoms with Crippen molar-refractivity contribution in [2.75, 3.05) is 0 Å². The van der Waals surface area contributed by atoms with Crippen molar-refractivity contribution in [3.8, 4) is 0 Å². The molecule has 1 aromatic heterocycles. The number of alkyl halides is 3. The van der Waals surface area contributed by atoms with Gasteiger partial charge < -0.3 is 10.4 Å². The zero-order valence-electron chi connectivity index (χ0n) is 13.0. The van der Waals surface area contributed by atoms with Gasteiger partial charge in [-0.25, -0.2) is 4.79 Å². The van der Waals surface area contributed by atoms with E-state index in [-0.39, 0.29) is 12.0 Å². The Labute approximate surface area is 141 Å². The van der Waals surface area contributed by atoms with Crippen LogP contribution in [0, 0.1) is 0 Å². The maximum absolute atomic E-state index is 12.2. The molecule has 9 heteroatoms. The van der Waals surface area contributed by atoms with Crippen molar-refractivity contribution in [1.29, 1.82) is 0 Å². The quantitative estimate of drug-likeness (QED) is 0.798. The molecular formula is C16H16F3N3O3. The Balaban J connectivity index is 1.99. The maximum atomic E-state index is 12.2. The summed E-state index contributed by atoms with van der Waals surface area (Å²) in [4.78, 5) is 23.4. The van der Waals surface area contributed by atoms with Gasteiger partial charge in [0.1, 0.15) is 6.04 Å². The molecule has 2 N–H and O–H groups in total. The number of hydrogen-bond acceptors (Lipinski definition) is 3. The Hall–Kier alpha value is -2.84. The van der Waals surface area contributed by atoms with E-state index in [4.69, 9.17) is 0 Å². The van der Waals surface area contributed by atoms with E-state index in [9.17, 15) is 27.9 Å². The molecule has 0 aliphatic carbocycles. The normalized spacial score (nSPS) is 12.6. The first-order valence-corrected chi connectivity index (χ1v) is 7.41. The number of carboxylic acids is 1. The molecule has 0 radical (unpaired) electrons. The van der Waals surface area contributed by atoms with Crippen LogP contribution in [0.1, 0.15) is 22.3 Å². The summed E-state index contributed by atoms with van der Waals surface area (Å²) in [6.07, 6.45) is -3.04. The first-order valence-electron chi connectivity index (χ1n) is 7.41. The summed E-state index contributed by atoms with van der Waals surface area (Å²) < 4.78 is 37.6. The van der Waals surface area contributed by atoms with Gasteiger partial charge in [0.15, 0.2) is 0 Å². The molecule has 1 atom stereocenters. The van der Waals surface area contributed by atoms with Gasteiger partial charge in [0.25, 0.3) is 5.91 Å². The zero-order chi connectivity index (χ0) is 18.4. The third-order valence-electron chi connectivity index (χ3n) is 3.41. The third kappa shape index (κ3) is 5.94. The van der Waals surface area contributed by atoms with Crippen molar-refractivity contribution in [2.45, 2.75) is 31.6 Å². The highest BCUT2D eigenvalue weighted by Crippen LogP contribution is 2.20. The number of nitrogens with zero attached hydrogens (tertiary/aromatic N) is 2. The maximum Gasteiger partial charge on any atom is 0.390 e. The van der Waals surface area contributed by atoms with Crippen LogP contribution in [-0.2, 0) is 17.8 Å². The molecule has 0 saturated heterocycles. The number of halogens is 3. The molecule has 0 aliphatic heterocycles. The molecule has 2 aromatic rings. The Morgan fingerprint density at radius 1 is 1.24 bits per heavy atom. The van der Waals surface area contributed by atoms with Crippen molar-refractivity contribution < 1.29 is 27.9 Å². The van der Waals surface area contributed by atoms with Gasteiger partial charge in [0.05, 0.1) is 18.2 Å². The Morgan fingerprint density at radius 2 is 1.92 bits per heavy atom. The van der Waals surface area contributed by atoms with E-state index in [0.717, 1.165) is 22.6 Å².